The van der Waals surface area contributed by atoms with Crippen LogP contribution in [-0.2, 0) is 0 Å². The molecule has 0 saturated heterocycles. The van der Waals surface area contributed by atoms with Gasteiger partial charge in [0.1, 0.15) is 0 Å². The van der Waals surface area contributed by atoms with Gasteiger partial charge in [0.25, 0.3) is 0 Å². The molecule has 0 amide bonds. The van der Waals surface area contributed by atoms with Gasteiger partial charge in [-0.1, -0.05) is 0 Å². The van der Waals surface area contributed by atoms with Gasteiger partial charge in [0.15, 0.2) is 0 Å². The summed E-state index contributed by atoms with van der Waals surface area (Å²) in [7, 11) is 0. The Morgan fingerprint density at radius 3 is 3.25 bits per heavy atom. The van der Waals surface area contributed by atoms with Crippen molar-refractivity contribution in [1.29, 1.82) is 5.41 Å². The third-order valence-corrected chi connectivity index (χ3v) is 1.09. The minimum atomic E-state index is 0.712. The maximum absolute atomic E-state index is 6.74. The Hall–Kier alpha value is -0.860. The second-order valence-electron chi connectivity index (χ2n) is 1.72. The monoisotopic (exact) mass is 111 g/mol. The van der Waals surface area contributed by atoms with Gasteiger partial charge < -0.3 is 10.3 Å². The van der Waals surface area contributed by atoms with E-state index in [9.17, 15) is 0 Å². The maximum atomic E-state index is 6.74. The molecule has 3 heteroatoms. The summed E-state index contributed by atoms with van der Waals surface area (Å²) in [5.74, 6) is 0. The SMILES string of the molecule is N=CCN1C=NCC1. The molecule has 0 saturated carbocycles. The van der Waals surface area contributed by atoms with E-state index in [-0.39, 0.29) is 0 Å². The lowest BCUT2D eigenvalue weighted by atomic mass is 10.5. The Balaban J connectivity index is 2.25. The van der Waals surface area contributed by atoms with Crippen molar-refractivity contribution in [2.45, 2.75) is 0 Å². The summed E-state index contributed by atoms with van der Waals surface area (Å²) in [5, 5.41) is 6.74. The van der Waals surface area contributed by atoms with Gasteiger partial charge in [-0.25, -0.2) is 0 Å². The molecule has 1 aliphatic heterocycles. The Bertz CT molecular complexity index is 108. The molecule has 0 aromatic heterocycles. The molecular formula is C5H9N3. The zero-order chi connectivity index (χ0) is 5.82. The van der Waals surface area contributed by atoms with Crippen LogP contribution in [0.4, 0.5) is 0 Å². The lowest BCUT2D eigenvalue weighted by molar-refractivity contribution is 0.536. The first-order valence-corrected chi connectivity index (χ1v) is 2.66. The minimum Gasteiger partial charge on any atom is -0.356 e. The smallest absolute Gasteiger partial charge is 0.0854 e. The van der Waals surface area contributed by atoms with Gasteiger partial charge >= 0.3 is 0 Å². The quantitative estimate of drug-likeness (QED) is 0.500. The van der Waals surface area contributed by atoms with E-state index in [1.165, 1.54) is 6.21 Å². The number of nitrogens with one attached hydrogen (secondary N) is 1. The zero-order valence-electron chi connectivity index (χ0n) is 4.67. The van der Waals surface area contributed by atoms with E-state index in [1.54, 1.807) is 6.34 Å². The van der Waals surface area contributed by atoms with Crippen LogP contribution in [0.15, 0.2) is 4.99 Å². The summed E-state index contributed by atoms with van der Waals surface area (Å²) < 4.78 is 0. The van der Waals surface area contributed by atoms with Crippen LogP contribution in [0.2, 0.25) is 0 Å². The molecule has 0 bridgehead atoms. The molecule has 3 nitrogen and oxygen atoms in total. The van der Waals surface area contributed by atoms with Crippen molar-refractivity contribution in [3.05, 3.63) is 0 Å². The first-order chi connectivity index (χ1) is 3.93. The lowest BCUT2D eigenvalue weighted by Gasteiger charge is -2.07. The molecular weight excluding hydrogens is 102 g/mol. The van der Waals surface area contributed by atoms with Gasteiger partial charge in [0.2, 0.25) is 0 Å². The molecule has 0 radical (unpaired) electrons. The zero-order valence-corrected chi connectivity index (χ0v) is 4.67. The second kappa shape index (κ2) is 2.45. The molecule has 1 heterocycles. The van der Waals surface area contributed by atoms with Gasteiger partial charge in [-0.05, 0) is 0 Å². The van der Waals surface area contributed by atoms with E-state index in [0.717, 1.165) is 13.1 Å². The highest BCUT2D eigenvalue weighted by Gasteiger charge is 2.00. The van der Waals surface area contributed by atoms with Crippen molar-refractivity contribution < 1.29 is 0 Å². The highest BCUT2D eigenvalue weighted by molar-refractivity contribution is 5.65. The fraction of sp³-hybridized carbons (Fsp3) is 0.600. The van der Waals surface area contributed by atoms with Crippen LogP contribution < -0.4 is 0 Å². The maximum Gasteiger partial charge on any atom is 0.0854 e. The van der Waals surface area contributed by atoms with E-state index in [2.05, 4.69) is 4.99 Å². The molecule has 1 aliphatic rings. The van der Waals surface area contributed by atoms with E-state index >= 15 is 0 Å². The fourth-order valence-corrected chi connectivity index (χ4v) is 0.673. The van der Waals surface area contributed by atoms with E-state index in [0.29, 0.717) is 6.54 Å². The van der Waals surface area contributed by atoms with Crippen LogP contribution >= 0.6 is 0 Å². The highest BCUT2D eigenvalue weighted by Crippen LogP contribution is 1.88. The third-order valence-electron chi connectivity index (χ3n) is 1.09. The Morgan fingerprint density at radius 1 is 1.88 bits per heavy atom. The highest BCUT2D eigenvalue weighted by atomic mass is 15.2. The predicted molar refractivity (Wildman–Crippen MR) is 33.7 cm³/mol. The van der Waals surface area contributed by atoms with E-state index in [1.807, 2.05) is 4.90 Å². The van der Waals surface area contributed by atoms with Crippen LogP contribution in [0, 0.1) is 5.41 Å². The number of hydrogen-bond donors (Lipinski definition) is 1. The molecule has 0 aliphatic carbocycles. The molecule has 1 rings (SSSR count). The molecule has 1 N–H and O–H groups in total. The van der Waals surface area contributed by atoms with Crippen molar-refractivity contribution in [3.8, 4) is 0 Å². The summed E-state index contributed by atoms with van der Waals surface area (Å²) in [6.45, 7) is 2.59. The van der Waals surface area contributed by atoms with Crippen LogP contribution in [-0.4, -0.2) is 37.1 Å². The number of nitrogens with zero attached hydrogens (tertiary/aromatic N) is 2. The topological polar surface area (TPSA) is 39.5 Å². The summed E-state index contributed by atoms with van der Waals surface area (Å²) >= 11 is 0. The summed E-state index contributed by atoms with van der Waals surface area (Å²) in [4.78, 5) is 5.99. The predicted octanol–water partition coefficient (Wildman–Crippen LogP) is -0.0201. The Labute approximate surface area is 48.5 Å². The lowest BCUT2D eigenvalue weighted by Crippen LogP contribution is -2.21. The summed E-state index contributed by atoms with van der Waals surface area (Å²) in [5.41, 5.74) is 0. The summed E-state index contributed by atoms with van der Waals surface area (Å²) in [6, 6.07) is 0. The molecule has 0 fully saturated rings. The van der Waals surface area contributed by atoms with Crippen molar-refractivity contribution >= 4 is 12.6 Å². The molecule has 0 unspecified atom stereocenters. The second-order valence-corrected chi connectivity index (χ2v) is 1.72. The van der Waals surface area contributed by atoms with Gasteiger partial charge in [-0.3, -0.25) is 4.99 Å². The average Bonchev–Trinajstić information content (AvgIpc) is 2.19. The van der Waals surface area contributed by atoms with Gasteiger partial charge in [0, 0.05) is 12.8 Å². The Kier molecular flexibility index (Phi) is 1.62. The van der Waals surface area contributed by atoms with Crippen molar-refractivity contribution in [1.82, 2.24) is 4.90 Å². The fourth-order valence-electron chi connectivity index (χ4n) is 0.673. The van der Waals surface area contributed by atoms with Crippen LogP contribution in [0.1, 0.15) is 0 Å². The van der Waals surface area contributed by atoms with Crippen LogP contribution in [0.25, 0.3) is 0 Å². The van der Waals surface area contributed by atoms with Crippen molar-refractivity contribution in [2.75, 3.05) is 19.6 Å². The normalized spacial score (nSPS) is 17.2. The van der Waals surface area contributed by atoms with E-state index in [4.69, 9.17) is 5.41 Å². The van der Waals surface area contributed by atoms with Crippen LogP contribution in [0.3, 0.4) is 0 Å². The van der Waals surface area contributed by atoms with Crippen molar-refractivity contribution in [2.24, 2.45) is 4.99 Å². The molecule has 0 aromatic carbocycles. The molecule has 0 spiro atoms. The van der Waals surface area contributed by atoms with Gasteiger partial charge in [0.05, 0.1) is 19.4 Å². The largest absolute Gasteiger partial charge is 0.356 e. The van der Waals surface area contributed by atoms with Gasteiger partial charge in [-0.2, -0.15) is 0 Å². The molecule has 0 atom stereocenters. The standard InChI is InChI=1S/C5H9N3/c6-1-3-8-4-2-7-5-8/h1,5-6H,2-4H2. The molecule has 8 heavy (non-hydrogen) atoms. The minimum absolute atomic E-state index is 0.712. The first kappa shape index (κ1) is 5.28. The van der Waals surface area contributed by atoms with Crippen LogP contribution in [0.5, 0.6) is 0 Å². The Morgan fingerprint density at radius 2 is 2.75 bits per heavy atom. The number of aliphatic imine (C=N–C) groups is 1. The molecule has 0 aromatic rings. The number of rotatable bonds is 2. The third kappa shape index (κ3) is 1.05. The average molecular weight is 111 g/mol. The van der Waals surface area contributed by atoms with Gasteiger partial charge in [-0.15, -0.1) is 0 Å². The number of hydrogen-bond acceptors (Lipinski definition) is 3. The summed E-state index contributed by atoms with van der Waals surface area (Å²) in [6.07, 6.45) is 3.18. The van der Waals surface area contributed by atoms with Crippen molar-refractivity contribution in [3.63, 3.8) is 0 Å². The van der Waals surface area contributed by atoms with E-state index < -0.39 is 0 Å². The first-order valence-electron chi connectivity index (χ1n) is 2.66. The molecule has 44 valence electrons.